The molecule has 1 saturated carbocycles. The minimum absolute atomic E-state index is 0.0112. The Morgan fingerprint density at radius 2 is 1.89 bits per heavy atom. The summed E-state index contributed by atoms with van der Waals surface area (Å²) in [5.41, 5.74) is 4.72. The fourth-order valence-corrected chi connectivity index (χ4v) is 8.33. The van der Waals surface area contributed by atoms with E-state index in [0.29, 0.717) is 18.8 Å². The molecular weight excluding hydrogens is 516 g/mol. The molecule has 0 aromatic heterocycles. The van der Waals surface area contributed by atoms with Gasteiger partial charge in [0.25, 0.3) is 0 Å². The third-order valence-electron chi connectivity index (χ3n) is 9.87. The molecule has 6 nitrogen and oxygen atoms in total. The van der Waals surface area contributed by atoms with E-state index in [1.165, 1.54) is 24.8 Å². The van der Waals surface area contributed by atoms with Gasteiger partial charge in [-0.3, -0.25) is 14.6 Å². The zero-order chi connectivity index (χ0) is 24.4. The molecule has 0 aromatic rings. The zero-order valence-electron chi connectivity index (χ0n) is 20.6. The summed E-state index contributed by atoms with van der Waals surface area (Å²) < 4.78 is 7.00. The van der Waals surface area contributed by atoms with E-state index < -0.39 is 0 Å². The molecule has 0 aromatic carbocycles. The molecule has 2 saturated heterocycles. The standard InChI is InChI=1S/C29H33BrN4O2/c30-23-15-21-22(16-25(23)34-10-8-33(9-11-34)19-2-1-3-19)29(6-12-36-13-7-29)28-26(27(21)35)20-5-4-18(17-31)14-24(20)32-28/h4-5,14-15,19-20,24-25,32H,1-3,6-13,16H2. The Labute approximate surface area is 221 Å². The molecule has 7 rings (SSSR count). The molecule has 0 radical (unpaired) electrons. The lowest BCUT2D eigenvalue weighted by Gasteiger charge is -2.49. The summed E-state index contributed by atoms with van der Waals surface area (Å²) in [4.78, 5) is 19.4. The molecule has 3 fully saturated rings. The van der Waals surface area contributed by atoms with Gasteiger partial charge in [-0.1, -0.05) is 28.4 Å². The van der Waals surface area contributed by atoms with E-state index >= 15 is 0 Å². The summed E-state index contributed by atoms with van der Waals surface area (Å²) >= 11 is 3.92. The number of rotatable bonds is 2. The molecule has 7 aliphatic rings. The number of nitrogens with one attached hydrogen (secondary N) is 1. The lowest BCUT2D eigenvalue weighted by atomic mass is 9.61. The Hall–Kier alpha value is -1.98. The third-order valence-corrected chi connectivity index (χ3v) is 10.6. The van der Waals surface area contributed by atoms with Crippen LogP contribution in [-0.4, -0.2) is 73.1 Å². The first-order valence-corrected chi connectivity index (χ1v) is 14.4. The van der Waals surface area contributed by atoms with Gasteiger partial charge in [0.1, 0.15) is 0 Å². The van der Waals surface area contributed by atoms with Crippen LogP contribution < -0.4 is 5.32 Å². The highest BCUT2D eigenvalue weighted by Crippen LogP contribution is 2.57. The largest absolute Gasteiger partial charge is 0.381 e. The van der Waals surface area contributed by atoms with Gasteiger partial charge in [0, 0.05) is 89.7 Å². The number of allylic oxidation sites excluding steroid dienone is 5. The van der Waals surface area contributed by atoms with Gasteiger partial charge in [-0.15, -0.1) is 0 Å². The van der Waals surface area contributed by atoms with E-state index in [4.69, 9.17) is 4.74 Å². The zero-order valence-corrected chi connectivity index (χ0v) is 22.2. The van der Waals surface area contributed by atoms with E-state index in [9.17, 15) is 10.1 Å². The van der Waals surface area contributed by atoms with Crippen molar-refractivity contribution in [3.05, 3.63) is 56.8 Å². The molecule has 3 heterocycles. The van der Waals surface area contributed by atoms with E-state index in [1.54, 1.807) is 0 Å². The average Bonchev–Trinajstić information content (AvgIpc) is 3.27. The summed E-state index contributed by atoms with van der Waals surface area (Å²) in [7, 11) is 0. The van der Waals surface area contributed by atoms with Crippen LogP contribution in [0.2, 0.25) is 0 Å². The number of carbonyl (C=O) groups excluding carboxylic acids is 1. The minimum Gasteiger partial charge on any atom is -0.381 e. The number of halogens is 1. The maximum absolute atomic E-state index is 14.1. The molecule has 0 bridgehead atoms. The Morgan fingerprint density at radius 1 is 1.14 bits per heavy atom. The van der Waals surface area contributed by atoms with E-state index in [-0.39, 0.29) is 29.2 Å². The Bertz CT molecular complexity index is 1190. The molecule has 36 heavy (non-hydrogen) atoms. The highest BCUT2D eigenvalue weighted by atomic mass is 79.9. The quantitative estimate of drug-likeness (QED) is 0.566. The number of fused-ring (bicyclic) bond motifs is 4. The molecule has 1 spiro atoms. The van der Waals surface area contributed by atoms with Gasteiger partial charge in [-0.05, 0) is 55.9 Å². The van der Waals surface area contributed by atoms with Crippen molar-refractivity contribution in [3.63, 3.8) is 0 Å². The molecule has 0 amide bonds. The first kappa shape index (κ1) is 23.2. The number of ether oxygens (including phenoxy) is 1. The fraction of sp³-hybridized carbons (Fsp3) is 0.586. The summed E-state index contributed by atoms with van der Waals surface area (Å²) in [5, 5.41) is 13.2. The predicted octanol–water partition coefficient (Wildman–Crippen LogP) is 3.75. The summed E-state index contributed by atoms with van der Waals surface area (Å²) in [6.45, 7) is 5.88. The number of Topliss-reactive ketones (excluding diaryl/α,β-unsaturated/α-hetero) is 1. The van der Waals surface area contributed by atoms with Gasteiger partial charge >= 0.3 is 0 Å². The van der Waals surface area contributed by atoms with Gasteiger partial charge in [0.2, 0.25) is 0 Å². The number of hydrogen-bond acceptors (Lipinski definition) is 6. The van der Waals surface area contributed by atoms with Crippen LogP contribution in [0.3, 0.4) is 0 Å². The number of carbonyl (C=O) groups is 1. The summed E-state index contributed by atoms with van der Waals surface area (Å²) in [5.74, 6) is 0.156. The molecule has 3 atom stereocenters. The maximum atomic E-state index is 14.1. The van der Waals surface area contributed by atoms with Crippen molar-refractivity contribution in [3.8, 4) is 6.07 Å². The van der Waals surface area contributed by atoms with Crippen molar-refractivity contribution >= 4 is 21.7 Å². The number of hydrogen-bond donors (Lipinski definition) is 1. The second kappa shape index (κ2) is 8.80. The highest BCUT2D eigenvalue weighted by molar-refractivity contribution is 9.11. The van der Waals surface area contributed by atoms with Crippen molar-refractivity contribution in [1.82, 2.24) is 15.1 Å². The van der Waals surface area contributed by atoms with Crippen molar-refractivity contribution in [2.75, 3.05) is 39.4 Å². The number of ketones is 1. The van der Waals surface area contributed by atoms with E-state index in [0.717, 1.165) is 72.8 Å². The second-order valence-electron chi connectivity index (χ2n) is 11.4. The fourth-order valence-electron chi connectivity index (χ4n) is 7.65. The maximum Gasteiger partial charge on any atom is 0.191 e. The van der Waals surface area contributed by atoms with Crippen LogP contribution in [0.15, 0.2) is 56.8 Å². The number of piperazine rings is 1. The molecule has 1 N–H and O–H groups in total. The van der Waals surface area contributed by atoms with Crippen LogP contribution in [-0.2, 0) is 9.53 Å². The average molecular weight is 550 g/mol. The van der Waals surface area contributed by atoms with E-state index in [1.807, 2.05) is 12.2 Å². The molecule has 4 aliphatic carbocycles. The van der Waals surface area contributed by atoms with Gasteiger partial charge < -0.3 is 10.1 Å². The summed E-state index contributed by atoms with van der Waals surface area (Å²) in [6.07, 6.45) is 14.9. The van der Waals surface area contributed by atoms with Crippen LogP contribution in [0.25, 0.3) is 0 Å². The minimum atomic E-state index is -0.182. The molecule has 7 heteroatoms. The predicted molar refractivity (Wildman–Crippen MR) is 141 cm³/mol. The Balaban J connectivity index is 1.21. The van der Waals surface area contributed by atoms with Gasteiger partial charge in [0.05, 0.1) is 12.1 Å². The molecule has 3 unspecified atom stereocenters. The second-order valence-corrected chi connectivity index (χ2v) is 12.3. The van der Waals surface area contributed by atoms with Gasteiger partial charge in [-0.2, -0.15) is 5.26 Å². The van der Waals surface area contributed by atoms with Crippen molar-refractivity contribution < 1.29 is 9.53 Å². The van der Waals surface area contributed by atoms with Crippen molar-refractivity contribution in [2.45, 2.75) is 56.7 Å². The topological polar surface area (TPSA) is 68.6 Å². The molecule has 188 valence electrons. The van der Waals surface area contributed by atoms with Gasteiger partial charge in [-0.25, -0.2) is 0 Å². The van der Waals surface area contributed by atoms with Crippen LogP contribution >= 0.6 is 15.9 Å². The Kier molecular flexibility index (Phi) is 5.66. The van der Waals surface area contributed by atoms with Crippen LogP contribution in [0.4, 0.5) is 0 Å². The van der Waals surface area contributed by atoms with Crippen LogP contribution in [0.5, 0.6) is 0 Å². The smallest absolute Gasteiger partial charge is 0.191 e. The highest BCUT2D eigenvalue weighted by Gasteiger charge is 2.54. The third kappa shape index (κ3) is 3.41. The van der Waals surface area contributed by atoms with E-state index in [2.05, 4.69) is 49.3 Å². The van der Waals surface area contributed by atoms with Crippen LogP contribution in [0, 0.1) is 22.7 Å². The SMILES string of the molecule is N#CC1=CC2NC3=C(C(=O)C4=C(CC(N5CCN(C6CCC6)CC5)C(Br)=C4)C34CCOCC4)C2C=C1. The molecule has 3 aliphatic heterocycles. The number of nitrogens with zero attached hydrogens (tertiary/aromatic N) is 3. The number of nitriles is 1. The van der Waals surface area contributed by atoms with Crippen LogP contribution in [0.1, 0.15) is 38.5 Å². The summed E-state index contributed by atoms with van der Waals surface area (Å²) in [6, 6.07) is 3.34. The lowest BCUT2D eigenvalue weighted by molar-refractivity contribution is -0.113. The first-order valence-electron chi connectivity index (χ1n) is 13.6. The first-order chi connectivity index (χ1) is 17.6. The monoisotopic (exact) mass is 548 g/mol. The van der Waals surface area contributed by atoms with Crippen molar-refractivity contribution in [1.29, 1.82) is 5.26 Å². The lowest BCUT2D eigenvalue weighted by Crippen LogP contribution is -2.55. The molecular formula is C29H33BrN4O2. The normalized spacial score (nSPS) is 34.3. The van der Waals surface area contributed by atoms with Crippen molar-refractivity contribution in [2.24, 2.45) is 11.3 Å². The Morgan fingerprint density at radius 3 is 2.58 bits per heavy atom. The van der Waals surface area contributed by atoms with Gasteiger partial charge in [0.15, 0.2) is 5.78 Å².